The monoisotopic (exact) mass is 779 g/mol. The highest BCUT2D eigenvalue weighted by Crippen LogP contribution is 2.46. The van der Waals surface area contributed by atoms with Crippen molar-refractivity contribution in [2.75, 3.05) is 42.5 Å². The molecule has 2 aromatic carbocycles. The van der Waals surface area contributed by atoms with Crippen molar-refractivity contribution in [2.45, 2.75) is 83.1 Å². The molecular formula is C41H42ClN7O5S. The first-order chi connectivity index (χ1) is 26.5. The van der Waals surface area contributed by atoms with Gasteiger partial charge in [0.2, 0.25) is 11.8 Å². The molecule has 1 aromatic heterocycles. The van der Waals surface area contributed by atoms with Crippen molar-refractivity contribution in [1.29, 1.82) is 5.26 Å². The molecule has 14 heteroatoms. The SMILES string of the molecule is C[C@H]1CC2(CCN(c3ccc(C(=O)N4CCC(N5Cc6cc7c(cc6C5)C(=O)N(C5CCC(=O)NC5=O)C7=O)CC4)s3)CC2)CN1c1ccc(C#N)c(Cl)c1. The lowest BCUT2D eigenvalue weighted by Crippen LogP contribution is -2.54. The summed E-state index contributed by atoms with van der Waals surface area (Å²) >= 11 is 7.97. The number of imide groups is 2. The van der Waals surface area contributed by atoms with E-state index in [1.54, 1.807) is 11.3 Å². The van der Waals surface area contributed by atoms with Crippen molar-refractivity contribution in [3.63, 3.8) is 0 Å². The molecule has 1 N–H and O–H groups in total. The quantitative estimate of drug-likeness (QED) is 0.348. The van der Waals surface area contributed by atoms with Crippen molar-refractivity contribution in [3.05, 3.63) is 80.2 Å². The third-order valence-electron chi connectivity index (χ3n) is 12.9. The van der Waals surface area contributed by atoms with Gasteiger partial charge >= 0.3 is 0 Å². The number of halogens is 1. The second kappa shape index (κ2) is 13.8. The first kappa shape index (κ1) is 35.9. The first-order valence-corrected chi connectivity index (χ1v) is 20.4. The number of hydrogen-bond acceptors (Lipinski definition) is 10. The number of thiophene rings is 1. The Morgan fingerprint density at radius 3 is 2.25 bits per heavy atom. The highest BCUT2D eigenvalue weighted by atomic mass is 35.5. The number of hydrogen-bond donors (Lipinski definition) is 1. The summed E-state index contributed by atoms with van der Waals surface area (Å²) in [5, 5.41) is 13.2. The highest BCUT2D eigenvalue weighted by molar-refractivity contribution is 7.18. The van der Waals surface area contributed by atoms with Crippen molar-refractivity contribution in [3.8, 4) is 6.07 Å². The van der Waals surface area contributed by atoms with Crippen molar-refractivity contribution in [1.82, 2.24) is 20.0 Å². The van der Waals surface area contributed by atoms with Crippen LogP contribution < -0.4 is 15.1 Å². The van der Waals surface area contributed by atoms with E-state index in [0.29, 0.717) is 53.9 Å². The molecule has 2 atom stereocenters. The Balaban J connectivity index is 0.774. The fraction of sp³-hybridized carbons (Fsp3) is 0.463. The maximum atomic E-state index is 13.7. The predicted molar refractivity (Wildman–Crippen MR) is 207 cm³/mol. The zero-order valence-electron chi connectivity index (χ0n) is 30.7. The standard InChI is InChI=1S/C41H42ClN7O5S/c1-24-19-41(23-48(24)29-3-2-25(20-43)32(42)18-29)10-14-45(15-11-41)36-7-5-34(55-36)40(54)46-12-8-28(9-13-46)47-21-26-16-30-31(17-27(26)22-47)39(53)49(38(30)52)33-4-6-35(50)44-37(33)51/h2-3,5,7,16-18,24,28,33H,4,6,8-15,19,21-23H2,1H3,(H,44,50,51)/t24-,33?/m0/s1. The van der Waals surface area contributed by atoms with Gasteiger partial charge in [-0.25, -0.2) is 0 Å². The van der Waals surface area contributed by atoms with Gasteiger partial charge < -0.3 is 14.7 Å². The van der Waals surface area contributed by atoms with Crippen LogP contribution in [0.15, 0.2) is 42.5 Å². The number of nitrogens with one attached hydrogen (secondary N) is 1. The minimum Gasteiger partial charge on any atom is -0.368 e. The van der Waals surface area contributed by atoms with E-state index in [0.717, 1.165) is 83.3 Å². The fourth-order valence-corrected chi connectivity index (χ4v) is 11.1. The van der Waals surface area contributed by atoms with Crippen LogP contribution in [0.2, 0.25) is 5.02 Å². The first-order valence-electron chi connectivity index (χ1n) is 19.2. The summed E-state index contributed by atoms with van der Waals surface area (Å²) in [6.45, 7) is 7.82. The van der Waals surface area contributed by atoms with E-state index in [-0.39, 0.29) is 30.2 Å². The molecule has 6 aliphatic heterocycles. The minimum atomic E-state index is -0.973. The van der Waals surface area contributed by atoms with Crippen LogP contribution in [0.25, 0.3) is 0 Å². The van der Waals surface area contributed by atoms with Crippen LogP contribution in [-0.2, 0) is 22.7 Å². The maximum Gasteiger partial charge on any atom is 0.263 e. The van der Waals surface area contributed by atoms with E-state index >= 15 is 0 Å². The van der Waals surface area contributed by atoms with Gasteiger partial charge in [0, 0.05) is 70.0 Å². The number of amides is 5. The van der Waals surface area contributed by atoms with Gasteiger partial charge in [0.15, 0.2) is 0 Å². The third-order valence-corrected chi connectivity index (χ3v) is 14.3. The normalized spacial score (nSPS) is 24.1. The summed E-state index contributed by atoms with van der Waals surface area (Å²) in [5.41, 5.74) is 4.47. The summed E-state index contributed by atoms with van der Waals surface area (Å²) in [5.74, 6) is -1.88. The molecule has 7 heterocycles. The highest BCUT2D eigenvalue weighted by Gasteiger charge is 2.47. The van der Waals surface area contributed by atoms with Crippen LogP contribution in [-0.4, -0.2) is 95.1 Å². The smallest absolute Gasteiger partial charge is 0.263 e. The number of rotatable bonds is 5. The lowest BCUT2D eigenvalue weighted by atomic mass is 9.77. The van der Waals surface area contributed by atoms with Crippen LogP contribution >= 0.6 is 22.9 Å². The van der Waals surface area contributed by atoms with Gasteiger partial charge in [-0.15, -0.1) is 11.3 Å². The van der Waals surface area contributed by atoms with Crippen LogP contribution in [0.5, 0.6) is 0 Å². The summed E-state index contributed by atoms with van der Waals surface area (Å²) < 4.78 is 0. The number of likely N-dealkylation sites (tertiary alicyclic amines) is 1. The van der Waals surface area contributed by atoms with Crippen LogP contribution in [0.4, 0.5) is 10.7 Å². The van der Waals surface area contributed by atoms with Gasteiger partial charge in [0.1, 0.15) is 12.1 Å². The van der Waals surface area contributed by atoms with Gasteiger partial charge in [0.25, 0.3) is 17.7 Å². The molecule has 55 heavy (non-hydrogen) atoms. The van der Waals surface area contributed by atoms with E-state index in [2.05, 4.69) is 39.1 Å². The molecule has 6 aliphatic rings. The Kier molecular flexibility index (Phi) is 8.98. The molecule has 1 unspecified atom stereocenters. The molecule has 284 valence electrons. The summed E-state index contributed by atoms with van der Waals surface area (Å²) in [6, 6.07) is 15.3. The summed E-state index contributed by atoms with van der Waals surface area (Å²) in [4.78, 5) is 75.5. The number of nitriles is 1. The summed E-state index contributed by atoms with van der Waals surface area (Å²) in [6.07, 6.45) is 5.21. The molecule has 12 nitrogen and oxygen atoms in total. The van der Waals surface area contributed by atoms with E-state index in [4.69, 9.17) is 11.6 Å². The molecule has 0 radical (unpaired) electrons. The maximum absolute atomic E-state index is 13.7. The minimum absolute atomic E-state index is 0.0863. The van der Waals surface area contributed by atoms with Crippen LogP contribution in [0.3, 0.4) is 0 Å². The lowest BCUT2D eigenvalue weighted by molar-refractivity contribution is -0.136. The molecule has 3 aromatic rings. The number of anilines is 2. The zero-order chi connectivity index (χ0) is 38.2. The average molecular weight is 780 g/mol. The molecule has 0 bridgehead atoms. The molecule has 4 saturated heterocycles. The number of carbonyl (C=O) groups is 5. The topological polar surface area (TPSA) is 137 Å². The largest absolute Gasteiger partial charge is 0.368 e. The molecular weight excluding hydrogens is 738 g/mol. The molecule has 5 amide bonds. The Morgan fingerprint density at radius 1 is 0.927 bits per heavy atom. The molecule has 9 rings (SSSR count). The van der Waals surface area contributed by atoms with Gasteiger partial charge in [-0.05, 0) is 104 Å². The summed E-state index contributed by atoms with van der Waals surface area (Å²) in [7, 11) is 0. The number of nitrogens with zero attached hydrogens (tertiary/aromatic N) is 6. The van der Waals surface area contributed by atoms with E-state index in [1.807, 2.05) is 41.3 Å². The number of fused-ring (bicyclic) bond motifs is 2. The Hall–Kier alpha value is -4.77. The fourth-order valence-electron chi connectivity index (χ4n) is 9.86. The number of piperidine rings is 3. The van der Waals surface area contributed by atoms with Crippen molar-refractivity contribution in [2.24, 2.45) is 5.41 Å². The molecule has 0 aliphatic carbocycles. The average Bonchev–Trinajstić information content (AvgIpc) is 3.96. The second-order valence-corrected chi connectivity index (χ2v) is 17.6. The van der Waals surface area contributed by atoms with E-state index < -0.39 is 29.7 Å². The molecule has 1 spiro atoms. The van der Waals surface area contributed by atoms with Crippen molar-refractivity contribution < 1.29 is 24.0 Å². The van der Waals surface area contributed by atoms with E-state index in [9.17, 15) is 29.2 Å². The van der Waals surface area contributed by atoms with Crippen LogP contribution in [0, 0.1) is 16.7 Å². The Morgan fingerprint density at radius 2 is 1.62 bits per heavy atom. The lowest BCUT2D eigenvalue weighted by Gasteiger charge is -2.40. The second-order valence-electron chi connectivity index (χ2n) is 16.1. The predicted octanol–water partition coefficient (Wildman–Crippen LogP) is 5.18. The third kappa shape index (κ3) is 6.28. The Labute approximate surface area is 328 Å². The van der Waals surface area contributed by atoms with E-state index in [1.165, 1.54) is 0 Å². The van der Waals surface area contributed by atoms with Gasteiger partial charge in [-0.2, -0.15) is 5.26 Å². The van der Waals surface area contributed by atoms with Crippen LogP contribution in [0.1, 0.15) is 98.9 Å². The van der Waals surface area contributed by atoms with Gasteiger partial charge in [-0.1, -0.05) is 11.6 Å². The Bertz CT molecular complexity index is 2140. The van der Waals surface area contributed by atoms with Crippen molar-refractivity contribution >= 4 is 63.2 Å². The number of benzene rings is 2. The number of carbonyl (C=O) groups excluding carboxylic acids is 5. The molecule has 0 saturated carbocycles. The van der Waals surface area contributed by atoms with Gasteiger partial charge in [0.05, 0.1) is 31.6 Å². The zero-order valence-corrected chi connectivity index (χ0v) is 32.3. The van der Waals surface area contributed by atoms with Gasteiger partial charge in [-0.3, -0.25) is 39.1 Å². The molecule has 4 fully saturated rings.